The van der Waals surface area contributed by atoms with Crippen LogP contribution in [0.15, 0.2) is 0 Å². The maximum atomic E-state index is 4.98. The molecular formula is C6H13OSn. The van der Waals surface area contributed by atoms with E-state index in [2.05, 4.69) is 6.92 Å². The molecule has 0 aliphatic heterocycles. The van der Waals surface area contributed by atoms with Crippen LogP contribution in [0.1, 0.15) is 32.6 Å². The van der Waals surface area contributed by atoms with Gasteiger partial charge in [0, 0.05) is 0 Å². The summed E-state index contributed by atoms with van der Waals surface area (Å²) in [6.45, 7) is 3.19. The Morgan fingerprint density at radius 2 is 2.00 bits per heavy atom. The Labute approximate surface area is 65.4 Å². The minimum atomic E-state index is 0.971. The first kappa shape index (κ1) is 8.76. The maximum absolute atomic E-state index is 4.98. The minimum absolute atomic E-state index is 0.971. The Kier molecular flexibility index (Phi) is 8.49. The van der Waals surface area contributed by atoms with Crippen LogP contribution >= 0.6 is 0 Å². The first-order valence-electron chi connectivity index (χ1n) is 3.20. The molecule has 0 saturated carbocycles. The van der Waals surface area contributed by atoms with E-state index in [1.807, 2.05) is 0 Å². The molecule has 0 amide bonds. The summed E-state index contributed by atoms with van der Waals surface area (Å²) in [5, 5.41) is 0. The quantitative estimate of drug-likeness (QED) is 0.505. The standard InChI is InChI=1S/C6H13O.Sn/c1-2-3-4-5-6-7;/h2-6H2,1H3;/q-1;+1. The molecule has 0 aromatic heterocycles. The van der Waals surface area contributed by atoms with Gasteiger partial charge in [0.25, 0.3) is 0 Å². The molecule has 0 spiro atoms. The normalized spacial score (nSPS) is 9.75. The number of hydrogen-bond donors (Lipinski definition) is 0. The van der Waals surface area contributed by atoms with Gasteiger partial charge in [0.1, 0.15) is 0 Å². The molecule has 3 radical (unpaired) electrons. The predicted octanol–water partition coefficient (Wildman–Crippen LogP) is 1.67. The van der Waals surface area contributed by atoms with Gasteiger partial charge >= 0.3 is 65.2 Å². The van der Waals surface area contributed by atoms with Crippen molar-refractivity contribution >= 4 is 22.9 Å². The molecule has 2 heteroatoms. The van der Waals surface area contributed by atoms with Gasteiger partial charge in [0.05, 0.1) is 0 Å². The van der Waals surface area contributed by atoms with Gasteiger partial charge in [0.2, 0.25) is 0 Å². The van der Waals surface area contributed by atoms with Gasteiger partial charge < -0.3 is 0 Å². The number of rotatable bonds is 5. The van der Waals surface area contributed by atoms with E-state index in [0.717, 1.165) is 6.61 Å². The van der Waals surface area contributed by atoms with Crippen molar-refractivity contribution < 1.29 is 3.07 Å². The second-order valence-electron chi connectivity index (χ2n) is 1.91. The first-order chi connectivity index (χ1) is 3.91. The molecule has 47 valence electrons. The topological polar surface area (TPSA) is 9.23 Å². The summed E-state index contributed by atoms with van der Waals surface area (Å²) in [4.78, 5) is 0. The zero-order valence-corrected chi connectivity index (χ0v) is 8.30. The summed E-state index contributed by atoms with van der Waals surface area (Å²) in [7, 11) is 0. The van der Waals surface area contributed by atoms with Crippen molar-refractivity contribution in [2.75, 3.05) is 6.61 Å². The van der Waals surface area contributed by atoms with Gasteiger partial charge in [-0.05, 0) is 0 Å². The Bertz CT molecular complexity index is 33.5. The molecule has 0 aliphatic rings. The van der Waals surface area contributed by atoms with Crippen LogP contribution in [-0.2, 0) is 3.07 Å². The van der Waals surface area contributed by atoms with E-state index >= 15 is 0 Å². The number of hydrogen-bond acceptors (Lipinski definition) is 1. The van der Waals surface area contributed by atoms with Crippen LogP contribution < -0.4 is 0 Å². The fourth-order valence-corrected chi connectivity index (χ4v) is 1.01. The molecule has 0 atom stereocenters. The van der Waals surface area contributed by atoms with E-state index in [1.165, 1.54) is 48.6 Å². The van der Waals surface area contributed by atoms with Gasteiger partial charge in [-0.3, -0.25) is 0 Å². The van der Waals surface area contributed by atoms with Crippen LogP contribution in [0.4, 0.5) is 0 Å². The van der Waals surface area contributed by atoms with E-state index in [4.69, 9.17) is 3.07 Å². The molecule has 0 fully saturated rings. The number of unbranched alkanes of at least 4 members (excludes halogenated alkanes) is 3. The fourth-order valence-electron chi connectivity index (χ4n) is 0.601. The Balaban J connectivity index is 2.53. The third-order valence-electron chi connectivity index (χ3n) is 1.10. The van der Waals surface area contributed by atoms with Crippen LogP contribution in [0.25, 0.3) is 0 Å². The van der Waals surface area contributed by atoms with Crippen molar-refractivity contribution in [2.24, 2.45) is 0 Å². The van der Waals surface area contributed by atoms with E-state index < -0.39 is 0 Å². The summed E-state index contributed by atoms with van der Waals surface area (Å²) in [6.07, 6.45) is 5.26. The average molecular weight is 220 g/mol. The van der Waals surface area contributed by atoms with Gasteiger partial charge in [-0.1, -0.05) is 0 Å². The van der Waals surface area contributed by atoms with E-state index in [0.29, 0.717) is 0 Å². The molecule has 0 N–H and O–H groups in total. The van der Waals surface area contributed by atoms with Crippen LogP contribution in [0.5, 0.6) is 0 Å². The molecule has 8 heavy (non-hydrogen) atoms. The molecule has 0 bridgehead atoms. The first-order valence-corrected chi connectivity index (χ1v) is 4.37. The van der Waals surface area contributed by atoms with Crippen molar-refractivity contribution in [3.63, 3.8) is 0 Å². The van der Waals surface area contributed by atoms with Crippen LogP contribution in [0.2, 0.25) is 0 Å². The summed E-state index contributed by atoms with van der Waals surface area (Å²) in [5.41, 5.74) is 0. The summed E-state index contributed by atoms with van der Waals surface area (Å²) in [6, 6.07) is 0. The van der Waals surface area contributed by atoms with Crippen molar-refractivity contribution in [1.82, 2.24) is 0 Å². The second kappa shape index (κ2) is 7.76. The van der Waals surface area contributed by atoms with E-state index in [-0.39, 0.29) is 0 Å². The molecule has 0 heterocycles. The van der Waals surface area contributed by atoms with Crippen LogP contribution in [-0.4, -0.2) is 29.5 Å². The Morgan fingerprint density at radius 3 is 2.50 bits per heavy atom. The van der Waals surface area contributed by atoms with Crippen LogP contribution in [0.3, 0.4) is 0 Å². The molecule has 0 aromatic rings. The SMILES string of the molecule is CCCCCC[O][Sn]. The third-order valence-corrected chi connectivity index (χ3v) is 1.68. The third kappa shape index (κ3) is 6.76. The summed E-state index contributed by atoms with van der Waals surface area (Å²) >= 11 is 1.21. The van der Waals surface area contributed by atoms with Gasteiger partial charge in [-0.2, -0.15) is 0 Å². The molecular weight excluding hydrogens is 207 g/mol. The van der Waals surface area contributed by atoms with E-state index in [1.54, 1.807) is 0 Å². The summed E-state index contributed by atoms with van der Waals surface area (Å²) in [5.74, 6) is 0. The predicted molar refractivity (Wildman–Crippen MR) is 35.8 cm³/mol. The summed E-state index contributed by atoms with van der Waals surface area (Å²) < 4.78 is 4.98. The van der Waals surface area contributed by atoms with Crippen LogP contribution in [0, 0.1) is 0 Å². The zero-order chi connectivity index (χ0) is 6.24. The average Bonchev–Trinajstić information content (AvgIpc) is 1.81. The Morgan fingerprint density at radius 1 is 1.25 bits per heavy atom. The van der Waals surface area contributed by atoms with Crippen molar-refractivity contribution in [1.29, 1.82) is 0 Å². The van der Waals surface area contributed by atoms with Crippen molar-refractivity contribution in [2.45, 2.75) is 32.6 Å². The molecule has 0 aromatic carbocycles. The fraction of sp³-hybridized carbons (Fsp3) is 1.00. The molecule has 0 rings (SSSR count). The Hall–Kier alpha value is 0.759. The zero-order valence-electron chi connectivity index (χ0n) is 5.44. The molecule has 1 nitrogen and oxygen atoms in total. The van der Waals surface area contributed by atoms with E-state index in [9.17, 15) is 0 Å². The molecule has 0 unspecified atom stereocenters. The second-order valence-corrected chi connectivity index (χ2v) is 2.73. The molecule has 0 aliphatic carbocycles. The molecule has 0 saturated heterocycles. The van der Waals surface area contributed by atoms with Gasteiger partial charge in [-0.15, -0.1) is 0 Å². The van der Waals surface area contributed by atoms with Crippen molar-refractivity contribution in [3.05, 3.63) is 0 Å². The van der Waals surface area contributed by atoms with Gasteiger partial charge in [0.15, 0.2) is 0 Å². The monoisotopic (exact) mass is 221 g/mol. The van der Waals surface area contributed by atoms with Crippen molar-refractivity contribution in [3.8, 4) is 0 Å². The van der Waals surface area contributed by atoms with Gasteiger partial charge in [-0.25, -0.2) is 0 Å².